The first-order chi connectivity index (χ1) is 6.19. The summed E-state index contributed by atoms with van der Waals surface area (Å²) in [7, 11) is 0. The molecule has 0 N–H and O–H groups in total. The Labute approximate surface area is 88.8 Å². The predicted molar refractivity (Wildman–Crippen MR) is 58.0 cm³/mol. The molecule has 13 heavy (non-hydrogen) atoms. The summed E-state index contributed by atoms with van der Waals surface area (Å²) in [6.45, 7) is 6.28. The molecule has 0 spiro atoms. The lowest BCUT2D eigenvalue weighted by atomic mass is 10.0. The van der Waals surface area contributed by atoms with Crippen LogP contribution in [-0.2, 0) is 4.79 Å². The molecule has 1 amide bonds. The van der Waals surface area contributed by atoms with Crippen molar-refractivity contribution in [1.82, 2.24) is 4.90 Å². The number of hydrogen-bond acceptors (Lipinski definition) is 1. The molecule has 0 aromatic rings. The van der Waals surface area contributed by atoms with Crippen LogP contribution in [0.5, 0.6) is 0 Å². The first kappa shape index (κ1) is 11.0. The fourth-order valence-corrected chi connectivity index (χ4v) is 2.24. The van der Waals surface area contributed by atoms with Crippen LogP contribution in [0.1, 0.15) is 33.1 Å². The lowest BCUT2D eigenvalue weighted by molar-refractivity contribution is -0.127. The van der Waals surface area contributed by atoms with E-state index in [1.165, 1.54) is 12.8 Å². The van der Waals surface area contributed by atoms with Crippen molar-refractivity contribution in [3.63, 3.8) is 0 Å². The molecule has 1 rings (SSSR count). The average Bonchev–Trinajstić information content (AvgIpc) is 2.45. The van der Waals surface area contributed by atoms with E-state index >= 15 is 0 Å². The molecule has 76 valence electrons. The topological polar surface area (TPSA) is 20.3 Å². The summed E-state index contributed by atoms with van der Waals surface area (Å²) in [5.41, 5.74) is 0. The van der Waals surface area contributed by atoms with Crippen molar-refractivity contribution < 1.29 is 4.79 Å². The normalized spacial score (nSPS) is 23.2. The van der Waals surface area contributed by atoms with Crippen molar-refractivity contribution in [3.8, 4) is 0 Å². The second-order valence-corrected chi connectivity index (χ2v) is 4.83. The number of carbonyl (C=O) groups is 1. The Hall–Kier alpha value is -0.0500. The Morgan fingerprint density at radius 1 is 1.54 bits per heavy atom. The Bertz CT molecular complexity index is 180. The largest absolute Gasteiger partial charge is 0.341 e. The van der Waals surface area contributed by atoms with E-state index in [0.717, 1.165) is 19.5 Å². The molecule has 0 aromatic carbocycles. The van der Waals surface area contributed by atoms with Gasteiger partial charge in [0.15, 0.2) is 0 Å². The van der Waals surface area contributed by atoms with E-state index in [0.29, 0.717) is 5.92 Å². The van der Waals surface area contributed by atoms with Gasteiger partial charge in [-0.05, 0) is 12.3 Å². The van der Waals surface area contributed by atoms with Crippen LogP contribution in [0.3, 0.4) is 0 Å². The average molecular weight is 248 g/mol. The van der Waals surface area contributed by atoms with E-state index in [9.17, 15) is 4.79 Å². The molecule has 1 unspecified atom stereocenters. The van der Waals surface area contributed by atoms with Crippen LogP contribution in [0, 0.1) is 5.92 Å². The van der Waals surface area contributed by atoms with E-state index < -0.39 is 0 Å². The molecule has 0 bridgehead atoms. The maximum Gasteiger partial charge on any atom is 0.236 e. The molecule has 1 aliphatic heterocycles. The number of hydrogen-bond donors (Lipinski definition) is 0. The second kappa shape index (κ2) is 4.99. The quantitative estimate of drug-likeness (QED) is 0.699. The van der Waals surface area contributed by atoms with Gasteiger partial charge in [-0.25, -0.2) is 0 Å². The van der Waals surface area contributed by atoms with Crippen LogP contribution < -0.4 is 0 Å². The van der Waals surface area contributed by atoms with Gasteiger partial charge in [0.1, 0.15) is 0 Å². The number of carbonyl (C=O) groups excluding carboxylic acids is 1. The maximum atomic E-state index is 11.6. The van der Waals surface area contributed by atoms with Gasteiger partial charge in [-0.1, -0.05) is 42.6 Å². The maximum absolute atomic E-state index is 11.6. The van der Waals surface area contributed by atoms with Crippen LogP contribution >= 0.6 is 15.9 Å². The molecule has 3 heteroatoms. The summed E-state index contributed by atoms with van der Waals surface area (Å²) in [6.07, 6.45) is 3.32. The van der Waals surface area contributed by atoms with Gasteiger partial charge in [-0.3, -0.25) is 4.79 Å². The fourth-order valence-electron chi connectivity index (χ4n) is 1.74. The molecule has 1 heterocycles. The predicted octanol–water partition coefficient (Wildman–Crippen LogP) is 2.42. The SMILES string of the molecule is CCC(CC)CN1CCC(Br)C1=O. The van der Waals surface area contributed by atoms with E-state index in [2.05, 4.69) is 29.8 Å². The monoisotopic (exact) mass is 247 g/mol. The number of amides is 1. The number of alkyl halides is 1. The van der Waals surface area contributed by atoms with E-state index in [4.69, 9.17) is 0 Å². The third-order valence-electron chi connectivity index (χ3n) is 2.87. The lowest BCUT2D eigenvalue weighted by Crippen LogP contribution is -2.32. The zero-order chi connectivity index (χ0) is 9.84. The van der Waals surface area contributed by atoms with E-state index in [1.807, 2.05) is 4.90 Å². The molecule has 0 aliphatic carbocycles. The zero-order valence-electron chi connectivity index (χ0n) is 8.42. The fraction of sp³-hybridized carbons (Fsp3) is 0.900. The number of nitrogens with zero attached hydrogens (tertiary/aromatic N) is 1. The van der Waals surface area contributed by atoms with Crippen LogP contribution in [0.4, 0.5) is 0 Å². The molecule has 1 saturated heterocycles. The van der Waals surface area contributed by atoms with Crippen LogP contribution in [0.25, 0.3) is 0 Å². The third-order valence-corrected chi connectivity index (χ3v) is 3.71. The number of likely N-dealkylation sites (tertiary alicyclic amines) is 1. The van der Waals surface area contributed by atoms with Crippen LogP contribution in [-0.4, -0.2) is 28.7 Å². The molecule has 1 aliphatic rings. The Balaban J connectivity index is 2.41. The van der Waals surface area contributed by atoms with Gasteiger partial charge < -0.3 is 4.90 Å². The van der Waals surface area contributed by atoms with Crippen molar-refractivity contribution in [2.24, 2.45) is 5.92 Å². The lowest BCUT2D eigenvalue weighted by Gasteiger charge is -2.21. The molecule has 0 radical (unpaired) electrons. The Morgan fingerprint density at radius 3 is 2.54 bits per heavy atom. The highest BCUT2D eigenvalue weighted by Gasteiger charge is 2.29. The summed E-state index contributed by atoms with van der Waals surface area (Å²) < 4.78 is 0. The van der Waals surface area contributed by atoms with Gasteiger partial charge in [0.05, 0.1) is 4.83 Å². The zero-order valence-corrected chi connectivity index (χ0v) is 10.0. The molecule has 1 fully saturated rings. The minimum absolute atomic E-state index is 0.0851. The standard InChI is InChI=1S/C10H18BrNO/c1-3-8(4-2)7-12-6-5-9(11)10(12)13/h8-9H,3-7H2,1-2H3. The first-order valence-electron chi connectivity index (χ1n) is 5.11. The van der Waals surface area contributed by atoms with Gasteiger partial charge in [-0.15, -0.1) is 0 Å². The molecule has 0 saturated carbocycles. The third kappa shape index (κ3) is 2.70. The Morgan fingerprint density at radius 2 is 2.15 bits per heavy atom. The van der Waals surface area contributed by atoms with Crippen molar-refractivity contribution in [2.45, 2.75) is 37.9 Å². The minimum Gasteiger partial charge on any atom is -0.341 e. The summed E-state index contributed by atoms with van der Waals surface area (Å²) in [5.74, 6) is 0.966. The van der Waals surface area contributed by atoms with E-state index in [-0.39, 0.29) is 10.7 Å². The minimum atomic E-state index is 0.0851. The number of rotatable bonds is 4. The van der Waals surface area contributed by atoms with Crippen molar-refractivity contribution in [2.75, 3.05) is 13.1 Å². The van der Waals surface area contributed by atoms with E-state index in [1.54, 1.807) is 0 Å². The summed E-state index contributed by atoms with van der Waals surface area (Å²) >= 11 is 3.39. The summed E-state index contributed by atoms with van der Waals surface area (Å²) in [6, 6.07) is 0. The molecular formula is C10H18BrNO. The first-order valence-corrected chi connectivity index (χ1v) is 6.03. The van der Waals surface area contributed by atoms with Crippen LogP contribution in [0.2, 0.25) is 0 Å². The molecule has 1 atom stereocenters. The van der Waals surface area contributed by atoms with Gasteiger partial charge >= 0.3 is 0 Å². The molecule has 2 nitrogen and oxygen atoms in total. The summed E-state index contributed by atoms with van der Waals surface area (Å²) in [4.78, 5) is 13.6. The number of halogens is 1. The Kier molecular flexibility index (Phi) is 4.23. The highest BCUT2D eigenvalue weighted by molar-refractivity contribution is 9.10. The van der Waals surface area contributed by atoms with Gasteiger partial charge in [0.25, 0.3) is 0 Å². The van der Waals surface area contributed by atoms with Gasteiger partial charge in [0.2, 0.25) is 5.91 Å². The highest BCUT2D eigenvalue weighted by atomic mass is 79.9. The van der Waals surface area contributed by atoms with Crippen molar-refractivity contribution in [1.29, 1.82) is 0 Å². The second-order valence-electron chi connectivity index (χ2n) is 3.72. The summed E-state index contributed by atoms with van der Waals surface area (Å²) in [5, 5.41) is 0. The highest BCUT2D eigenvalue weighted by Crippen LogP contribution is 2.21. The molecular weight excluding hydrogens is 230 g/mol. The van der Waals surface area contributed by atoms with Crippen molar-refractivity contribution >= 4 is 21.8 Å². The smallest absolute Gasteiger partial charge is 0.236 e. The van der Waals surface area contributed by atoms with Gasteiger partial charge in [-0.2, -0.15) is 0 Å². The molecule has 0 aromatic heterocycles. The van der Waals surface area contributed by atoms with Crippen molar-refractivity contribution in [3.05, 3.63) is 0 Å². The van der Waals surface area contributed by atoms with Crippen LogP contribution in [0.15, 0.2) is 0 Å². The van der Waals surface area contributed by atoms with Gasteiger partial charge in [0, 0.05) is 13.1 Å².